The lowest BCUT2D eigenvalue weighted by molar-refractivity contribution is 1.69. The van der Waals surface area contributed by atoms with Gasteiger partial charge >= 0.3 is 0 Å². The molecule has 0 radical (unpaired) electrons. The third-order valence-corrected chi connectivity index (χ3v) is 8.86. The first-order chi connectivity index (χ1) is 19.7. The highest BCUT2D eigenvalue weighted by atomic mass is 14.2. The summed E-state index contributed by atoms with van der Waals surface area (Å²) in [7, 11) is 4.51. The fraction of sp³-hybridized carbons (Fsp3) is 0. The number of rotatable bonds is 2. The predicted octanol–water partition coefficient (Wildman–Crippen LogP) is 7.30. The van der Waals surface area contributed by atoms with Gasteiger partial charge in [0.25, 0.3) is 0 Å². The Kier molecular flexibility index (Phi) is 5.12. The van der Waals surface area contributed by atoms with E-state index in [1.807, 2.05) is 0 Å². The van der Waals surface area contributed by atoms with E-state index in [2.05, 4.69) is 149 Å². The van der Waals surface area contributed by atoms with E-state index >= 15 is 0 Å². The summed E-state index contributed by atoms with van der Waals surface area (Å²) < 4.78 is 0. The van der Waals surface area contributed by atoms with E-state index in [9.17, 15) is 0 Å². The van der Waals surface area contributed by atoms with Crippen molar-refractivity contribution in [1.82, 2.24) is 0 Å². The molecule has 8 aromatic carbocycles. The van der Waals surface area contributed by atoms with Crippen LogP contribution in [-0.2, 0) is 0 Å². The Hall–Kier alpha value is -4.81. The average molecular weight is 504 g/mol. The molecule has 0 amide bonds. The van der Waals surface area contributed by atoms with Crippen molar-refractivity contribution >= 4 is 80.5 Å². The van der Waals surface area contributed by atoms with Gasteiger partial charge in [0.05, 0.1) is 0 Å². The zero-order valence-corrected chi connectivity index (χ0v) is 22.7. The van der Waals surface area contributed by atoms with Crippen LogP contribution in [0, 0.1) is 0 Å². The summed E-state index contributed by atoms with van der Waals surface area (Å²) in [6.45, 7) is 0. The molecule has 0 aliphatic carbocycles. The Morgan fingerprint density at radius 1 is 0.250 bits per heavy atom. The highest BCUT2D eigenvalue weighted by molar-refractivity contribution is 6.48. The molecular formula is C38H26B2. The summed E-state index contributed by atoms with van der Waals surface area (Å²) in [4.78, 5) is 0. The van der Waals surface area contributed by atoms with E-state index in [0.29, 0.717) is 0 Å². The molecule has 8 rings (SSSR count). The van der Waals surface area contributed by atoms with E-state index in [4.69, 9.17) is 0 Å². The molecule has 0 atom stereocenters. The molecule has 0 bridgehead atoms. The molecule has 184 valence electrons. The highest BCUT2D eigenvalue weighted by Crippen LogP contribution is 2.44. The summed E-state index contributed by atoms with van der Waals surface area (Å²) in [5.41, 5.74) is 7.89. The molecule has 0 unspecified atom stereocenters. The second kappa shape index (κ2) is 8.86. The molecule has 0 saturated heterocycles. The lowest BCUT2D eigenvalue weighted by Gasteiger charge is -2.20. The van der Waals surface area contributed by atoms with Crippen molar-refractivity contribution in [3.8, 4) is 22.3 Å². The van der Waals surface area contributed by atoms with Crippen LogP contribution in [0.5, 0.6) is 0 Å². The van der Waals surface area contributed by atoms with Crippen LogP contribution in [0.15, 0.2) is 133 Å². The zero-order chi connectivity index (χ0) is 26.8. The maximum atomic E-state index is 2.37. The lowest BCUT2D eigenvalue weighted by Crippen LogP contribution is -2.07. The maximum absolute atomic E-state index is 2.37. The molecule has 0 fully saturated rings. The summed E-state index contributed by atoms with van der Waals surface area (Å²) in [6, 6.07) is 49.2. The molecule has 2 heteroatoms. The van der Waals surface area contributed by atoms with E-state index in [0.717, 1.165) is 0 Å². The second-order valence-electron chi connectivity index (χ2n) is 10.9. The smallest absolute Gasteiger partial charge is 0.0735 e. The SMILES string of the molecule is Bc1c2ccccc2c(-c2ccc(-c3c4ccccc4c(B)c4ccccc34)c3ccccc23)c2ccccc12. The second-order valence-corrected chi connectivity index (χ2v) is 10.9. The van der Waals surface area contributed by atoms with Crippen LogP contribution < -0.4 is 10.9 Å². The largest absolute Gasteiger partial charge is 0.140 e. The maximum Gasteiger partial charge on any atom is 0.140 e. The van der Waals surface area contributed by atoms with Crippen LogP contribution in [0.25, 0.3) is 76.1 Å². The Morgan fingerprint density at radius 2 is 0.475 bits per heavy atom. The fourth-order valence-electron chi connectivity index (χ4n) is 7.01. The number of fused-ring (bicyclic) bond motifs is 5. The van der Waals surface area contributed by atoms with E-state index in [1.165, 1.54) is 87.0 Å². The standard InChI is InChI=1S/C38H26B2/c39-37-31-17-7-3-13-25(31)35(26-14-4-8-18-32(26)37)29-21-22-30(24-12-2-1-11-23(24)29)36-27-15-5-9-19-33(27)38(40)34-20-10-6-16-28(34)36/h1-22H,39-40H2. The molecule has 0 nitrogen and oxygen atoms in total. The van der Waals surface area contributed by atoms with Gasteiger partial charge in [0.1, 0.15) is 15.7 Å². The Morgan fingerprint density at radius 3 is 0.750 bits per heavy atom. The Balaban J connectivity index is 1.53. The molecule has 0 aliphatic heterocycles. The topological polar surface area (TPSA) is 0 Å². The molecule has 0 saturated carbocycles. The fourth-order valence-corrected chi connectivity index (χ4v) is 7.01. The molecule has 0 heterocycles. The van der Waals surface area contributed by atoms with E-state index < -0.39 is 0 Å². The minimum Gasteiger partial charge on any atom is -0.0735 e. The van der Waals surface area contributed by atoms with E-state index in [-0.39, 0.29) is 0 Å². The van der Waals surface area contributed by atoms with Gasteiger partial charge in [-0.05, 0) is 76.1 Å². The molecule has 0 spiro atoms. The number of benzene rings is 8. The van der Waals surface area contributed by atoms with Crippen molar-refractivity contribution in [2.45, 2.75) is 0 Å². The van der Waals surface area contributed by atoms with Crippen LogP contribution in [0.2, 0.25) is 0 Å². The van der Waals surface area contributed by atoms with Gasteiger partial charge in [-0.2, -0.15) is 0 Å². The first kappa shape index (κ1) is 23.1. The van der Waals surface area contributed by atoms with Crippen molar-refractivity contribution in [2.24, 2.45) is 0 Å². The molecule has 0 aromatic heterocycles. The van der Waals surface area contributed by atoms with Gasteiger partial charge in [0, 0.05) is 0 Å². The lowest BCUT2D eigenvalue weighted by atomic mass is 9.78. The van der Waals surface area contributed by atoms with Gasteiger partial charge in [-0.1, -0.05) is 144 Å². The summed E-state index contributed by atoms with van der Waals surface area (Å²) in [6.07, 6.45) is 0. The van der Waals surface area contributed by atoms with Crippen molar-refractivity contribution in [3.05, 3.63) is 133 Å². The van der Waals surface area contributed by atoms with Crippen LogP contribution in [0.4, 0.5) is 0 Å². The van der Waals surface area contributed by atoms with Gasteiger partial charge < -0.3 is 0 Å². The average Bonchev–Trinajstić information content (AvgIpc) is 3.02. The predicted molar refractivity (Wildman–Crippen MR) is 181 cm³/mol. The van der Waals surface area contributed by atoms with Gasteiger partial charge in [0.2, 0.25) is 0 Å². The van der Waals surface area contributed by atoms with Crippen molar-refractivity contribution < 1.29 is 0 Å². The monoisotopic (exact) mass is 504 g/mol. The normalized spacial score (nSPS) is 11.7. The van der Waals surface area contributed by atoms with Crippen LogP contribution >= 0.6 is 0 Å². The Labute approximate surface area is 235 Å². The summed E-state index contributed by atoms with van der Waals surface area (Å²) >= 11 is 0. The van der Waals surface area contributed by atoms with E-state index in [1.54, 1.807) is 0 Å². The first-order valence-electron chi connectivity index (χ1n) is 14.0. The molecule has 8 aromatic rings. The molecular weight excluding hydrogens is 478 g/mol. The zero-order valence-electron chi connectivity index (χ0n) is 22.7. The van der Waals surface area contributed by atoms with Gasteiger partial charge in [0.15, 0.2) is 0 Å². The van der Waals surface area contributed by atoms with Crippen molar-refractivity contribution in [2.75, 3.05) is 0 Å². The van der Waals surface area contributed by atoms with Gasteiger partial charge in [-0.3, -0.25) is 0 Å². The van der Waals surface area contributed by atoms with Crippen molar-refractivity contribution in [3.63, 3.8) is 0 Å². The van der Waals surface area contributed by atoms with Crippen LogP contribution in [0.3, 0.4) is 0 Å². The quantitative estimate of drug-likeness (QED) is 0.171. The summed E-state index contributed by atoms with van der Waals surface area (Å²) in [5.74, 6) is 0. The number of hydrogen-bond acceptors (Lipinski definition) is 0. The third kappa shape index (κ3) is 3.23. The van der Waals surface area contributed by atoms with Gasteiger partial charge in [-0.15, -0.1) is 0 Å². The van der Waals surface area contributed by atoms with Crippen LogP contribution in [-0.4, -0.2) is 15.7 Å². The van der Waals surface area contributed by atoms with Crippen LogP contribution in [0.1, 0.15) is 0 Å². The summed E-state index contributed by atoms with van der Waals surface area (Å²) in [5, 5.41) is 13.1. The first-order valence-corrected chi connectivity index (χ1v) is 14.0. The number of hydrogen-bond donors (Lipinski definition) is 0. The van der Waals surface area contributed by atoms with Crippen molar-refractivity contribution in [1.29, 1.82) is 0 Å². The molecule has 40 heavy (non-hydrogen) atoms. The van der Waals surface area contributed by atoms with Gasteiger partial charge in [-0.25, -0.2) is 0 Å². The molecule has 0 aliphatic rings. The highest BCUT2D eigenvalue weighted by Gasteiger charge is 2.19. The molecule has 0 N–H and O–H groups in total. The Bertz CT molecular complexity index is 2020. The minimum absolute atomic E-state index is 1.28. The minimum atomic E-state index is 1.28. The third-order valence-electron chi connectivity index (χ3n) is 8.86.